The Kier molecular flexibility index (Phi) is 4.64. The van der Waals surface area contributed by atoms with Crippen LogP contribution in [0.1, 0.15) is 5.56 Å². The summed E-state index contributed by atoms with van der Waals surface area (Å²) in [7, 11) is -1.94. The normalized spacial score (nSPS) is 13.0. The molecule has 0 aromatic heterocycles. The fourth-order valence-electron chi connectivity index (χ4n) is 1.72. The smallest absolute Gasteiger partial charge is 0.269 e. The number of ether oxygens (including phenoxy) is 1. The SMILES string of the molecule is COc1ccc(C=S(=O)(O)Nc2ccc([N+](=O)[O-])cc2)cc1. The van der Waals surface area contributed by atoms with Crippen molar-refractivity contribution in [3.8, 4) is 5.75 Å². The predicted octanol–water partition coefficient (Wildman–Crippen LogP) is 2.54. The van der Waals surface area contributed by atoms with E-state index in [1.807, 2.05) is 0 Å². The number of non-ortho nitro benzene ring substituents is 1. The Balaban J connectivity index is 2.20. The Morgan fingerprint density at radius 3 is 2.27 bits per heavy atom. The summed E-state index contributed by atoms with van der Waals surface area (Å²) in [6.45, 7) is 0. The zero-order chi connectivity index (χ0) is 16.2. The van der Waals surface area contributed by atoms with Gasteiger partial charge in [0.2, 0.25) is 0 Å². The molecular weight excluding hydrogens is 308 g/mol. The number of nitrogens with zero attached hydrogens (tertiary/aromatic N) is 1. The number of nitro benzene ring substituents is 1. The molecule has 0 heterocycles. The van der Waals surface area contributed by atoms with Gasteiger partial charge in [0.1, 0.15) is 5.75 Å². The minimum absolute atomic E-state index is 0.0888. The molecule has 0 saturated heterocycles. The van der Waals surface area contributed by atoms with Crippen molar-refractivity contribution in [1.82, 2.24) is 0 Å². The number of hydrogen-bond acceptors (Lipinski definition) is 4. The molecule has 2 aromatic rings. The summed E-state index contributed by atoms with van der Waals surface area (Å²) < 4.78 is 29.5. The molecule has 0 spiro atoms. The van der Waals surface area contributed by atoms with Crippen LogP contribution >= 0.6 is 0 Å². The maximum absolute atomic E-state index is 12.1. The number of benzene rings is 2. The van der Waals surface area contributed by atoms with E-state index in [2.05, 4.69) is 4.72 Å². The van der Waals surface area contributed by atoms with Crippen LogP contribution in [0.2, 0.25) is 0 Å². The van der Waals surface area contributed by atoms with E-state index in [9.17, 15) is 18.9 Å². The Morgan fingerprint density at radius 2 is 1.77 bits per heavy atom. The van der Waals surface area contributed by atoms with Crippen molar-refractivity contribution in [2.75, 3.05) is 11.8 Å². The van der Waals surface area contributed by atoms with E-state index in [1.54, 1.807) is 24.3 Å². The molecule has 0 aliphatic rings. The first-order valence-electron chi connectivity index (χ1n) is 6.17. The molecule has 2 aromatic carbocycles. The zero-order valence-corrected chi connectivity index (χ0v) is 12.4. The van der Waals surface area contributed by atoms with Crippen molar-refractivity contribution in [3.63, 3.8) is 0 Å². The van der Waals surface area contributed by atoms with E-state index in [4.69, 9.17) is 4.74 Å². The highest BCUT2D eigenvalue weighted by Crippen LogP contribution is 2.16. The topological polar surface area (TPSA) is 102 Å². The lowest BCUT2D eigenvalue weighted by Crippen LogP contribution is -2.14. The standard InChI is InChI=1S/C14H14N2O5S/c1-21-14-8-2-11(3-9-14)10-22(19,20)15-12-4-6-13(7-5-12)16(17)18/h2-10H,1H3,(H2,15,19,20). The van der Waals surface area contributed by atoms with Crippen LogP contribution in [0.15, 0.2) is 48.5 Å². The van der Waals surface area contributed by atoms with Crippen molar-refractivity contribution in [2.45, 2.75) is 0 Å². The molecule has 0 saturated carbocycles. The van der Waals surface area contributed by atoms with Crippen molar-refractivity contribution in [1.29, 1.82) is 0 Å². The minimum Gasteiger partial charge on any atom is -0.497 e. The van der Waals surface area contributed by atoms with Gasteiger partial charge in [0.25, 0.3) is 5.69 Å². The number of hydrogen-bond donors (Lipinski definition) is 2. The molecule has 2 rings (SSSR count). The van der Waals surface area contributed by atoms with Crippen LogP contribution in [0.3, 0.4) is 0 Å². The van der Waals surface area contributed by atoms with Gasteiger partial charge in [-0.1, -0.05) is 12.1 Å². The van der Waals surface area contributed by atoms with E-state index >= 15 is 0 Å². The van der Waals surface area contributed by atoms with Crippen LogP contribution in [0.25, 0.3) is 0 Å². The summed E-state index contributed by atoms with van der Waals surface area (Å²) >= 11 is 0. The van der Waals surface area contributed by atoms with Crippen molar-refractivity contribution >= 4 is 26.7 Å². The summed E-state index contributed by atoms with van der Waals surface area (Å²) in [6.07, 6.45) is 0. The third kappa shape index (κ3) is 4.21. The average Bonchev–Trinajstić information content (AvgIpc) is 2.47. The molecule has 0 aliphatic carbocycles. The first-order chi connectivity index (χ1) is 10.4. The molecule has 116 valence electrons. The van der Waals surface area contributed by atoms with Gasteiger partial charge in [0.05, 0.1) is 12.0 Å². The van der Waals surface area contributed by atoms with E-state index in [0.29, 0.717) is 17.0 Å². The first kappa shape index (κ1) is 15.8. The molecule has 8 heteroatoms. The molecule has 0 fully saturated rings. The van der Waals surface area contributed by atoms with Gasteiger partial charge in [-0.2, -0.15) is 0 Å². The maximum atomic E-state index is 12.1. The number of rotatable bonds is 5. The van der Waals surface area contributed by atoms with E-state index < -0.39 is 14.9 Å². The van der Waals surface area contributed by atoms with Crippen molar-refractivity contribution in [3.05, 3.63) is 64.2 Å². The van der Waals surface area contributed by atoms with E-state index in [0.717, 1.165) is 0 Å². The largest absolute Gasteiger partial charge is 0.497 e. The summed E-state index contributed by atoms with van der Waals surface area (Å²) in [4.78, 5) is 10.0. The number of methoxy groups -OCH3 is 1. The molecule has 1 atom stereocenters. The maximum Gasteiger partial charge on any atom is 0.269 e. The lowest BCUT2D eigenvalue weighted by molar-refractivity contribution is -0.384. The Hall–Kier alpha value is -2.58. The second kappa shape index (κ2) is 6.46. The molecule has 0 amide bonds. The molecule has 1 unspecified atom stereocenters. The number of anilines is 1. The monoisotopic (exact) mass is 322 g/mol. The third-order valence-electron chi connectivity index (χ3n) is 2.75. The molecule has 22 heavy (non-hydrogen) atoms. The molecule has 0 aliphatic heterocycles. The van der Waals surface area contributed by atoms with Gasteiger partial charge < -0.3 is 4.74 Å². The molecule has 2 N–H and O–H groups in total. The summed E-state index contributed by atoms with van der Waals surface area (Å²) in [5, 5.41) is 11.7. The van der Waals surface area contributed by atoms with Crippen LogP contribution < -0.4 is 9.46 Å². The molecule has 7 nitrogen and oxygen atoms in total. The van der Waals surface area contributed by atoms with Crippen molar-refractivity contribution < 1.29 is 18.4 Å². The summed E-state index contributed by atoms with van der Waals surface area (Å²) in [6, 6.07) is 11.9. The Bertz CT molecular complexity index is 778. The predicted molar refractivity (Wildman–Crippen MR) is 85.7 cm³/mol. The number of nitro groups is 1. The van der Waals surface area contributed by atoms with Gasteiger partial charge >= 0.3 is 0 Å². The van der Waals surface area contributed by atoms with Gasteiger partial charge in [-0.05, 0) is 29.8 Å². The fraction of sp³-hybridized carbons (Fsp3) is 0.0714. The quantitative estimate of drug-likeness (QED) is 0.500. The number of nitrogens with one attached hydrogen (secondary N) is 1. The van der Waals surface area contributed by atoms with Crippen LogP contribution in [0.5, 0.6) is 5.75 Å². The first-order valence-corrected chi connectivity index (χ1v) is 7.75. The minimum atomic E-state index is -3.48. The van der Waals surface area contributed by atoms with Crippen LogP contribution in [-0.4, -0.2) is 26.2 Å². The third-order valence-corrected chi connectivity index (χ3v) is 3.87. The van der Waals surface area contributed by atoms with Gasteiger partial charge in [-0.25, -0.2) is 4.21 Å². The molecular formula is C14H14N2O5S. The molecule has 0 radical (unpaired) electrons. The van der Waals surface area contributed by atoms with Crippen LogP contribution in [0.4, 0.5) is 11.4 Å². The van der Waals surface area contributed by atoms with Gasteiger partial charge in [0, 0.05) is 23.2 Å². The highest BCUT2D eigenvalue weighted by atomic mass is 32.2. The van der Waals surface area contributed by atoms with E-state index in [-0.39, 0.29) is 5.69 Å². The Labute approximate surface area is 127 Å². The van der Waals surface area contributed by atoms with Crippen LogP contribution in [-0.2, 0) is 9.99 Å². The lowest BCUT2D eigenvalue weighted by Gasteiger charge is -2.08. The highest BCUT2D eigenvalue weighted by Gasteiger charge is 2.07. The Morgan fingerprint density at radius 1 is 1.18 bits per heavy atom. The van der Waals surface area contributed by atoms with Crippen LogP contribution in [0, 0.1) is 10.1 Å². The van der Waals surface area contributed by atoms with Gasteiger partial charge in [-0.3, -0.25) is 19.4 Å². The fourth-order valence-corrected chi connectivity index (χ4v) is 2.78. The lowest BCUT2D eigenvalue weighted by atomic mass is 10.2. The summed E-state index contributed by atoms with van der Waals surface area (Å²) in [5.41, 5.74) is 0.764. The second-order valence-electron chi connectivity index (χ2n) is 4.37. The van der Waals surface area contributed by atoms with E-state index in [1.165, 1.54) is 36.7 Å². The second-order valence-corrected chi connectivity index (χ2v) is 5.94. The summed E-state index contributed by atoms with van der Waals surface area (Å²) in [5.74, 6) is 0.643. The molecule has 0 bridgehead atoms. The van der Waals surface area contributed by atoms with Gasteiger partial charge in [-0.15, -0.1) is 0 Å². The highest BCUT2D eigenvalue weighted by molar-refractivity contribution is 7.97. The van der Waals surface area contributed by atoms with Crippen molar-refractivity contribution in [2.24, 2.45) is 0 Å². The zero-order valence-electron chi connectivity index (χ0n) is 11.6. The average molecular weight is 322 g/mol. The van der Waals surface area contributed by atoms with Gasteiger partial charge in [0.15, 0.2) is 9.99 Å².